The number of thioether (sulfide) groups is 1. The van der Waals surface area contributed by atoms with Crippen LogP contribution in [0, 0.1) is 11.3 Å². The number of anilines is 1. The van der Waals surface area contributed by atoms with E-state index in [0.29, 0.717) is 48.3 Å². The second kappa shape index (κ2) is 9.68. The van der Waals surface area contributed by atoms with E-state index in [1.807, 2.05) is 36.4 Å². The van der Waals surface area contributed by atoms with Crippen LogP contribution >= 0.6 is 11.8 Å². The molecule has 2 aromatic rings. The van der Waals surface area contributed by atoms with Crippen LogP contribution in [0.1, 0.15) is 5.56 Å². The maximum Gasteiger partial charge on any atom is 0.258 e. The molecule has 0 spiro atoms. The number of rotatable bonds is 4. The minimum absolute atomic E-state index is 0.176. The largest absolute Gasteiger partial charge is 0.400 e. The van der Waals surface area contributed by atoms with Crippen LogP contribution in [0.5, 0.6) is 0 Å². The minimum atomic E-state index is -0.816. The second-order valence-electron chi connectivity index (χ2n) is 7.17. The number of aliphatic imine (C=N–C) groups is 1. The van der Waals surface area contributed by atoms with E-state index in [1.54, 1.807) is 29.2 Å². The molecule has 32 heavy (non-hydrogen) atoms. The number of amides is 2. The molecule has 2 heterocycles. The van der Waals surface area contributed by atoms with Gasteiger partial charge in [0.25, 0.3) is 5.91 Å². The number of nitrogens with one attached hydrogen (secondary N) is 1. The fraction of sp³-hybridized carbons (Fsp3) is 0.217. The standard InChI is InChI=1S/C23H21N5O3S/c24-14-15-5-4-8-17(13-15)26-21(29)20-19(25)18(23(30)28-9-11-31-12-10-28)22(32-20)27-16-6-2-1-3-7-16/h1-8,13,20H,9-12,25H2,(H,26,29)/t20-/m0/s1. The summed E-state index contributed by atoms with van der Waals surface area (Å²) in [6.07, 6.45) is 0. The molecule has 0 saturated carbocycles. The summed E-state index contributed by atoms with van der Waals surface area (Å²) in [5.41, 5.74) is 8.38. The van der Waals surface area contributed by atoms with E-state index >= 15 is 0 Å². The molecule has 1 atom stereocenters. The van der Waals surface area contributed by atoms with Gasteiger partial charge in [-0.15, -0.1) is 0 Å². The van der Waals surface area contributed by atoms with E-state index in [2.05, 4.69) is 10.3 Å². The third-order valence-electron chi connectivity index (χ3n) is 5.01. The average Bonchev–Trinajstić information content (AvgIpc) is 3.15. The summed E-state index contributed by atoms with van der Waals surface area (Å²) in [7, 11) is 0. The van der Waals surface area contributed by atoms with Gasteiger partial charge in [0.2, 0.25) is 5.91 Å². The summed E-state index contributed by atoms with van der Waals surface area (Å²) < 4.78 is 5.34. The van der Waals surface area contributed by atoms with Crippen LogP contribution in [-0.4, -0.2) is 53.3 Å². The van der Waals surface area contributed by atoms with Crippen molar-refractivity contribution in [1.82, 2.24) is 4.90 Å². The Balaban J connectivity index is 1.65. The Morgan fingerprint density at radius 1 is 1.16 bits per heavy atom. The highest BCUT2D eigenvalue weighted by atomic mass is 32.2. The zero-order valence-electron chi connectivity index (χ0n) is 17.2. The number of para-hydroxylation sites is 1. The van der Waals surface area contributed by atoms with Crippen molar-refractivity contribution in [2.75, 3.05) is 31.6 Å². The Bertz CT molecular complexity index is 1130. The van der Waals surface area contributed by atoms with Crippen molar-refractivity contribution in [1.29, 1.82) is 5.26 Å². The fourth-order valence-corrected chi connectivity index (χ4v) is 4.51. The van der Waals surface area contributed by atoms with Gasteiger partial charge in [-0.1, -0.05) is 36.0 Å². The highest BCUT2D eigenvalue weighted by molar-refractivity contribution is 8.16. The fourth-order valence-electron chi connectivity index (χ4n) is 3.40. The highest BCUT2D eigenvalue weighted by Gasteiger charge is 2.40. The third-order valence-corrected chi connectivity index (χ3v) is 6.23. The lowest BCUT2D eigenvalue weighted by Gasteiger charge is -2.27. The van der Waals surface area contributed by atoms with Gasteiger partial charge in [-0.25, -0.2) is 4.99 Å². The Kier molecular flexibility index (Phi) is 6.54. The Morgan fingerprint density at radius 2 is 1.91 bits per heavy atom. The molecule has 0 radical (unpaired) electrons. The van der Waals surface area contributed by atoms with Crippen molar-refractivity contribution in [3.8, 4) is 6.07 Å². The van der Waals surface area contributed by atoms with E-state index in [0.717, 1.165) is 11.8 Å². The summed E-state index contributed by atoms with van der Waals surface area (Å²) in [5, 5.41) is 11.5. The van der Waals surface area contributed by atoms with Gasteiger partial charge in [0, 0.05) is 24.5 Å². The Hall–Kier alpha value is -3.61. The first-order valence-corrected chi connectivity index (χ1v) is 10.9. The molecular weight excluding hydrogens is 426 g/mol. The van der Waals surface area contributed by atoms with Crippen molar-refractivity contribution < 1.29 is 14.3 Å². The van der Waals surface area contributed by atoms with Crippen LogP contribution in [0.25, 0.3) is 0 Å². The van der Waals surface area contributed by atoms with E-state index in [1.165, 1.54) is 0 Å². The van der Waals surface area contributed by atoms with Gasteiger partial charge in [0.15, 0.2) is 0 Å². The van der Waals surface area contributed by atoms with E-state index < -0.39 is 5.25 Å². The summed E-state index contributed by atoms with van der Waals surface area (Å²) in [5.74, 6) is -0.636. The normalized spacial score (nSPS) is 19.7. The molecule has 2 aliphatic rings. The van der Waals surface area contributed by atoms with Crippen molar-refractivity contribution in [2.24, 2.45) is 10.7 Å². The number of ether oxygens (including phenoxy) is 1. The molecule has 1 saturated heterocycles. The first-order valence-electron chi connectivity index (χ1n) is 10.1. The topological polar surface area (TPSA) is 121 Å². The first-order chi connectivity index (χ1) is 15.6. The quantitative estimate of drug-likeness (QED) is 0.743. The van der Waals surface area contributed by atoms with Gasteiger partial charge in [0.1, 0.15) is 10.3 Å². The number of nitrogens with two attached hydrogens (primary N) is 1. The summed E-state index contributed by atoms with van der Waals surface area (Å²) in [6, 6.07) is 17.9. The molecule has 0 aromatic heterocycles. The van der Waals surface area contributed by atoms with Crippen LogP contribution in [0.15, 0.2) is 70.9 Å². The molecule has 3 N–H and O–H groups in total. The van der Waals surface area contributed by atoms with Gasteiger partial charge < -0.3 is 20.7 Å². The number of nitrogens with zero attached hydrogens (tertiary/aromatic N) is 3. The van der Waals surface area contributed by atoms with Crippen LogP contribution in [0.4, 0.5) is 11.4 Å². The molecule has 0 bridgehead atoms. The zero-order valence-corrected chi connectivity index (χ0v) is 18.0. The number of benzene rings is 2. The van der Waals surface area contributed by atoms with E-state index in [4.69, 9.17) is 15.7 Å². The Labute approximate surface area is 189 Å². The molecule has 8 nitrogen and oxygen atoms in total. The number of carbonyl (C=O) groups is 2. The van der Waals surface area contributed by atoms with E-state index in [-0.39, 0.29) is 23.1 Å². The van der Waals surface area contributed by atoms with Crippen molar-refractivity contribution in [3.63, 3.8) is 0 Å². The lowest BCUT2D eigenvalue weighted by Crippen LogP contribution is -2.42. The molecule has 2 aromatic carbocycles. The second-order valence-corrected chi connectivity index (χ2v) is 8.26. The van der Waals surface area contributed by atoms with E-state index in [9.17, 15) is 9.59 Å². The summed E-state index contributed by atoms with van der Waals surface area (Å²) in [6.45, 7) is 1.82. The van der Waals surface area contributed by atoms with Gasteiger partial charge in [0.05, 0.1) is 36.1 Å². The smallest absolute Gasteiger partial charge is 0.258 e. The molecule has 1 fully saturated rings. The van der Waals surface area contributed by atoms with Crippen molar-refractivity contribution >= 4 is 40.0 Å². The van der Waals surface area contributed by atoms with Crippen molar-refractivity contribution in [3.05, 3.63) is 71.4 Å². The van der Waals surface area contributed by atoms with Gasteiger partial charge in [-0.2, -0.15) is 5.26 Å². The monoisotopic (exact) mass is 447 g/mol. The average molecular weight is 448 g/mol. The van der Waals surface area contributed by atoms with Crippen molar-refractivity contribution in [2.45, 2.75) is 5.25 Å². The van der Waals surface area contributed by atoms with Crippen LogP contribution in [0.3, 0.4) is 0 Å². The molecule has 9 heteroatoms. The lowest BCUT2D eigenvalue weighted by atomic mass is 10.1. The predicted molar refractivity (Wildman–Crippen MR) is 123 cm³/mol. The van der Waals surface area contributed by atoms with Gasteiger partial charge in [-0.3, -0.25) is 9.59 Å². The zero-order chi connectivity index (χ0) is 22.5. The number of hydrogen-bond acceptors (Lipinski definition) is 7. The number of hydrogen-bond donors (Lipinski definition) is 2. The maximum atomic E-state index is 13.3. The molecule has 4 rings (SSSR count). The minimum Gasteiger partial charge on any atom is -0.400 e. The maximum absolute atomic E-state index is 13.3. The number of morpholine rings is 1. The Morgan fingerprint density at radius 3 is 2.62 bits per heavy atom. The molecule has 0 unspecified atom stereocenters. The SMILES string of the molecule is N#Cc1cccc(NC(=O)[C@H]2SC(=Nc3ccccc3)C(C(=O)N3CCOCC3)=C2N)c1. The van der Waals surface area contributed by atoms with Gasteiger partial charge in [-0.05, 0) is 30.3 Å². The third kappa shape index (κ3) is 4.66. The summed E-state index contributed by atoms with van der Waals surface area (Å²) in [4.78, 5) is 32.6. The van der Waals surface area contributed by atoms with Gasteiger partial charge >= 0.3 is 0 Å². The summed E-state index contributed by atoms with van der Waals surface area (Å²) >= 11 is 1.15. The molecule has 162 valence electrons. The lowest BCUT2D eigenvalue weighted by molar-refractivity contribution is -0.130. The molecular formula is C23H21N5O3S. The molecule has 2 aliphatic heterocycles. The van der Waals surface area contributed by atoms with Crippen LogP contribution < -0.4 is 11.1 Å². The number of carbonyl (C=O) groups excluding carboxylic acids is 2. The highest BCUT2D eigenvalue weighted by Crippen LogP contribution is 2.36. The predicted octanol–water partition coefficient (Wildman–Crippen LogP) is 2.41. The van der Waals surface area contributed by atoms with Crippen LogP contribution in [0.2, 0.25) is 0 Å². The number of nitriles is 1. The molecule has 2 amide bonds. The van der Waals surface area contributed by atoms with Crippen LogP contribution in [-0.2, 0) is 14.3 Å². The molecule has 0 aliphatic carbocycles. The first kappa shape index (κ1) is 21.6.